The van der Waals surface area contributed by atoms with E-state index in [1.54, 1.807) is 24.3 Å². The Kier molecular flexibility index (Phi) is 6.08. The van der Waals surface area contributed by atoms with Crippen molar-refractivity contribution < 1.29 is 14.6 Å². The molecule has 0 heterocycles. The summed E-state index contributed by atoms with van der Waals surface area (Å²) in [5.74, 6) is 2.78. The van der Waals surface area contributed by atoms with Gasteiger partial charge in [0.2, 0.25) is 0 Å². The molecule has 0 fully saturated rings. The van der Waals surface area contributed by atoms with Crippen LogP contribution in [0.5, 0.6) is 5.75 Å². The molecule has 0 bridgehead atoms. The molecule has 0 saturated heterocycles. The van der Waals surface area contributed by atoms with Gasteiger partial charge in [-0.15, -0.1) is 6.42 Å². The highest BCUT2D eigenvalue weighted by Crippen LogP contribution is 2.14. The van der Waals surface area contributed by atoms with Crippen LogP contribution in [0.25, 0.3) is 0 Å². The smallest absolute Gasteiger partial charge is 0.251 e. The van der Waals surface area contributed by atoms with Crippen molar-refractivity contribution in [3.05, 3.63) is 29.8 Å². The van der Waals surface area contributed by atoms with Gasteiger partial charge in [-0.25, -0.2) is 0 Å². The fourth-order valence-electron chi connectivity index (χ4n) is 1.67. The Labute approximate surface area is 120 Å². The van der Waals surface area contributed by atoms with Gasteiger partial charge in [-0.05, 0) is 37.1 Å². The highest BCUT2D eigenvalue weighted by atomic mass is 16.5. The molecule has 0 aliphatic heterocycles. The summed E-state index contributed by atoms with van der Waals surface area (Å²) >= 11 is 0. The number of terminal acetylenes is 1. The van der Waals surface area contributed by atoms with Crippen molar-refractivity contribution in [3.63, 3.8) is 0 Å². The van der Waals surface area contributed by atoms with Gasteiger partial charge >= 0.3 is 0 Å². The molecule has 0 unspecified atom stereocenters. The first-order valence-corrected chi connectivity index (χ1v) is 6.71. The van der Waals surface area contributed by atoms with Crippen LogP contribution in [0.2, 0.25) is 0 Å². The zero-order valence-electron chi connectivity index (χ0n) is 12.0. The molecule has 4 heteroatoms. The van der Waals surface area contributed by atoms with E-state index in [0.29, 0.717) is 24.2 Å². The minimum absolute atomic E-state index is 0.200. The van der Waals surface area contributed by atoms with Crippen molar-refractivity contribution in [1.29, 1.82) is 0 Å². The average molecular weight is 275 g/mol. The summed E-state index contributed by atoms with van der Waals surface area (Å²) in [5.41, 5.74) is -0.321. The summed E-state index contributed by atoms with van der Waals surface area (Å²) in [7, 11) is 0. The van der Waals surface area contributed by atoms with Crippen molar-refractivity contribution >= 4 is 5.91 Å². The van der Waals surface area contributed by atoms with E-state index < -0.39 is 5.60 Å². The number of ether oxygens (including phenoxy) is 1. The average Bonchev–Trinajstić information content (AvgIpc) is 2.50. The van der Waals surface area contributed by atoms with Crippen LogP contribution in [-0.2, 0) is 0 Å². The first-order chi connectivity index (χ1) is 9.54. The van der Waals surface area contributed by atoms with Crippen molar-refractivity contribution in [1.82, 2.24) is 5.32 Å². The molecule has 4 nitrogen and oxygen atoms in total. The van der Waals surface area contributed by atoms with Crippen LogP contribution in [0.4, 0.5) is 0 Å². The summed E-state index contributed by atoms with van der Waals surface area (Å²) in [6.45, 7) is 4.24. The second kappa shape index (κ2) is 7.56. The molecule has 0 saturated carbocycles. The summed E-state index contributed by atoms with van der Waals surface area (Å²) in [6.07, 6.45) is 6.30. The highest BCUT2D eigenvalue weighted by molar-refractivity contribution is 5.94. The van der Waals surface area contributed by atoms with E-state index in [1.165, 1.54) is 0 Å². The number of amides is 1. The molecule has 0 radical (unpaired) electrons. The van der Waals surface area contributed by atoms with Crippen LogP contribution in [0, 0.1) is 12.3 Å². The Bertz CT molecular complexity index is 469. The molecule has 1 amide bonds. The minimum atomic E-state index is -0.842. The summed E-state index contributed by atoms with van der Waals surface area (Å²) in [5, 5.41) is 12.9. The molecule has 0 spiro atoms. The van der Waals surface area contributed by atoms with Crippen LogP contribution < -0.4 is 10.1 Å². The van der Waals surface area contributed by atoms with Crippen LogP contribution in [0.1, 0.15) is 37.0 Å². The molecular weight excluding hydrogens is 254 g/mol. The maximum Gasteiger partial charge on any atom is 0.251 e. The van der Waals surface area contributed by atoms with Crippen molar-refractivity contribution in [2.24, 2.45) is 0 Å². The van der Waals surface area contributed by atoms with E-state index in [4.69, 9.17) is 11.2 Å². The van der Waals surface area contributed by atoms with Crippen LogP contribution in [0.15, 0.2) is 24.3 Å². The topological polar surface area (TPSA) is 58.6 Å². The molecular formula is C16H21NO3. The maximum absolute atomic E-state index is 12.0. The first-order valence-electron chi connectivity index (χ1n) is 6.71. The maximum atomic E-state index is 12.0. The van der Waals surface area contributed by atoms with Gasteiger partial charge < -0.3 is 15.2 Å². The fourth-order valence-corrected chi connectivity index (χ4v) is 1.67. The Hall–Kier alpha value is -1.99. The standard InChI is InChI=1S/C16H21NO3/c1-4-11-20-14-9-7-13(8-10-14)15(18)17-12-16(19,5-2)6-3/h1,7-10,19H,5-6,11-12H2,2-3H3,(H,17,18). The zero-order valence-corrected chi connectivity index (χ0v) is 12.0. The molecule has 1 aromatic carbocycles. The second-order valence-electron chi connectivity index (χ2n) is 4.63. The van der Waals surface area contributed by atoms with Gasteiger partial charge in [0, 0.05) is 12.1 Å². The molecule has 1 rings (SSSR count). The molecule has 0 aliphatic carbocycles. The number of hydrogen-bond donors (Lipinski definition) is 2. The van der Waals surface area contributed by atoms with Crippen molar-refractivity contribution in [2.75, 3.05) is 13.2 Å². The molecule has 0 aliphatic rings. The fraction of sp³-hybridized carbons (Fsp3) is 0.438. The minimum Gasteiger partial charge on any atom is -0.481 e. The lowest BCUT2D eigenvalue weighted by atomic mass is 9.97. The van der Waals surface area contributed by atoms with Gasteiger partial charge in [0.15, 0.2) is 0 Å². The quantitative estimate of drug-likeness (QED) is 0.748. The van der Waals surface area contributed by atoms with Gasteiger partial charge in [0.05, 0.1) is 5.60 Å². The Morgan fingerprint density at radius 3 is 2.45 bits per heavy atom. The third-order valence-electron chi connectivity index (χ3n) is 3.33. The first kappa shape index (κ1) is 16.1. The predicted molar refractivity (Wildman–Crippen MR) is 78.6 cm³/mol. The monoisotopic (exact) mass is 275 g/mol. The summed E-state index contributed by atoms with van der Waals surface area (Å²) < 4.78 is 5.23. The van der Waals surface area contributed by atoms with E-state index in [0.717, 1.165) is 0 Å². The molecule has 2 N–H and O–H groups in total. The highest BCUT2D eigenvalue weighted by Gasteiger charge is 2.22. The number of nitrogens with one attached hydrogen (secondary N) is 1. The molecule has 108 valence electrons. The van der Waals surface area contributed by atoms with E-state index in [1.807, 2.05) is 13.8 Å². The van der Waals surface area contributed by atoms with Gasteiger partial charge in [0.1, 0.15) is 12.4 Å². The van der Waals surface area contributed by atoms with Crippen molar-refractivity contribution in [2.45, 2.75) is 32.3 Å². The Morgan fingerprint density at radius 2 is 1.95 bits per heavy atom. The Balaban J connectivity index is 2.58. The molecule has 0 aromatic heterocycles. The zero-order chi connectivity index (χ0) is 15.0. The number of rotatable bonds is 7. The molecule has 1 aromatic rings. The van der Waals surface area contributed by atoms with Gasteiger partial charge in [0.25, 0.3) is 5.91 Å². The van der Waals surface area contributed by atoms with E-state index in [9.17, 15) is 9.90 Å². The normalized spacial score (nSPS) is 10.7. The number of benzene rings is 1. The lowest BCUT2D eigenvalue weighted by Gasteiger charge is -2.25. The van der Waals surface area contributed by atoms with Gasteiger partial charge in [-0.1, -0.05) is 19.8 Å². The summed E-state index contributed by atoms with van der Waals surface area (Å²) in [4.78, 5) is 12.0. The third kappa shape index (κ3) is 4.60. The third-order valence-corrected chi connectivity index (χ3v) is 3.33. The predicted octanol–water partition coefficient (Wildman–Crippen LogP) is 1.98. The largest absolute Gasteiger partial charge is 0.481 e. The number of hydrogen-bond acceptors (Lipinski definition) is 3. The van der Waals surface area contributed by atoms with Gasteiger partial charge in [-0.2, -0.15) is 0 Å². The van der Waals surface area contributed by atoms with E-state index >= 15 is 0 Å². The van der Waals surface area contributed by atoms with Crippen LogP contribution >= 0.6 is 0 Å². The van der Waals surface area contributed by atoms with Crippen LogP contribution in [0.3, 0.4) is 0 Å². The van der Waals surface area contributed by atoms with E-state index in [2.05, 4.69) is 11.2 Å². The van der Waals surface area contributed by atoms with E-state index in [-0.39, 0.29) is 19.1 Å². The SMILES string of the molecule is C#CCOc1ccc(C(=O)NCC(O)(CC)CC)cc1. The lowest BCUT2D eigenvalue weighted by Crippen LogP contribution is -2.42. The van der Waals surface area contributed by atoms with Gasteiger partial charge in [-0.3, -0.25) is 4.79 Å². The molecule has 0 atom stereocenters. The summed E-state index contributed by atoms with van der Waals surface area (Å²) in [6, 6.07) is 6.71. The van der Waals surface area contributed by atoms with Crippen molar-refractivity contribution in [3.8, 4) is 18.1 Å². The number of aliphatic hydroxyl groups is 1. The lowest BCUT2D eigenvalue weighted by molar-refractivity contribution is 0.0314. The second-order valence-corrected chi connectivity index (χ2v) is 4.63. The molecule has 20 heavy (non-hydrogen) atoms. The number of carbonyl (C=O) groups excluding carboxylic acids is 1. The number of carbonyl (C=O) groups is 1. The Morgan fingerprint density at radius 1 is 1.35 bits per heavy atom. The van der Waals surface area contributed by atoms with Crippen LogP contribution in [-0.4, -0.2) is 29.8 Å².